The number of hydrogen-bond donors (Lipinski definition) is 0. The standard InChI is InChI=1S/C24H42O6.Na/c1-4-5-6-7-8-9-10-11-12-13-14-15-16-17-18-19-22(25)29-21(3)24(28)30-20(2)23(26)27;/h11-12,20-21H,4-10,13-19H2,1-3H3,(H,26,27);/q;+1/p-1. The molecule has 0 saturated carbocycles. The second-order valence-electron chi connectivity index (χ2n) is 7.86. The van der Waals surface area contributed by atoms with Crippen LogP contribution in [0.5, 0.6) is 0 Å². The van der Waals surface area contributed by atoms with Gasteiger partial charge < -0.3 is 19.4 Å². The Balaban J connectivity index is 0. The summed E-state index contributed by atoms with van der Waals surface area (Å²) in [5.74, 6) is -2.85. The van der Waals surface area contributed by atoms with Gasteiger partial charge in [-0.05, 0) is 46.0 Å². The van der Waals surface area contributed by atoms with Crippen LogP contribution in [0.4, 0.5) is 0 Å². The molecular formula is C24H41NaO6. The molecule has 0 amide bonds. The summed E-state index contributed by atoms with van der Waals surface area (Å²) < 4.78 is 9.60. The Morgan fingerprint density at radius 3 is 1.74 bits per heavy atom. The molecule has 0 saturated heterocycles. The quantitative estimate of drug-likeness (QED) is 0.129. The maximum Gasteiger partial charge on any atom is 1.00 e. The van der Waals surface area contributed by atoms with E-state index in [9.17, 15) is 19.5 Å². The number of aliphatic carboxylic acids is 1. The largest absolute Gasteiger partial charge is 1.00 e. The molecule has 0 aliphatic carbocycles. The molecule has 31 heavy (non-hydrogen) atoms. The number of ether oxygens (including phenoxy) is 2. The number of unbranched alkanes of at least 4 members (excludes halogenated alkanes) is 11. The first-order valence-corrected chi connectivity index (χ1v) is 11.6. The summed E-state index contributed by atoms with van der Waals surface area (Å²) in [5, 5.41) is 10.5. The minimum atomic E-state index is -1.49. The van der Waals surface area contributed by atoms with E-state index in [0.717, 1.165) is 32.1 Å². The molecule has 0 aromatic rings. The molecule has 0 heterocycles. The van der Waals surface area contributed by atoms with Gasteiger partial charge in [0.15, 0.2) is 6.10 Å². The summed E-state index contributed by atoms with van der Waals surface area (Å²) in [6.45, 7) is 4.79. The number of esters is 2. The van der Waals surface area contributed by atoms with Gasteiger partial charge in [-0.3, -0.25) is 4.79 Å². The molecule has 0 radical (unpaired) electrons. The van der Waals surface area contributed by atoms with Gasteiger partial charge in [-0.1, -0.05) is 70.4 Å². The smallest absolute Gasteiger partial charge is 0.546 e. The number of carbonyl (C=O) groups is 3. The Morgan fingerprint density at radius 1 is 0.742 bits per heavy atom. The molecule has 6 nitrogen and oxygen atoms in total. The Labute approximate surface area is 210 Å². The summed E-state index contributed by atoms with van der Waals surface area (Å²) in [6, 6.07) is 0. The molecule has 7 heteroatoms. The normalized spacial score (nSPS) is 12.7. The van der Waals surface area contributed by atoms with Crippen LogP contribution in [-0.2, 0) is 23.9 Å². The van der Waals surface area contributed by atoms with Crippen molar-refractivity contribution in [3.63, 3.8) is 0 Å². The third-order valence-corrected chi connectivity index (χ3v) is 4.91. The van der Waals surface area contributed by atoms with Gasteiger partial charge in [0.1, 0.15) is 6.10 Å². The zero-order valence-electron chi connectivity index (χ0n) is 20.2. The average molecular weight is 449 g/mol. The third kappa shape index (κ3) is 20.8. The predicted molar refractivity (Wildman–Crippen MR) is 116 cm³/mol. The molecule has 174 valence electrons. The van der Waals surface area contributed by atoms with Gasteiger partial charge in [0, 0.05) is 6.42 Å². The molecule has 0 bridgehead atoms. The van der Waals surface area contributed by atoms with Gasteiger partial charge in [0.2, 0.25) is 0 Å². The minimum Gasteiger partial charge on any atom is -0.546 e. The summed E-state index contributed by atoms with van der Waals surface area (Å²) >= 11 is 0. The summed E-state index contributed by atoms with van der Waals surface area (Å²) in [4.78, 5) is 33.9. The predicted octanol–water partition coefficient (Wildman–Crippen LogP) is 1.64. The van der Waals surface area contributed by atoms with Gasteiger partial charge in [0.25, 0.3) is 0 Å². The van der Waals surface area contributed by atoms with Crippen LogP contribution in [0.3, 0.4) is 0 Å². The van der Waals surface area contributed by atoms with Crippen molar-refractivity contribution >= 4 is 17.9 Å². The maximum atomic E-state index is 11.7. The van der Waals surface area contributed by atoms with E-state index < -0.39 is 30.1 Å². The van der Waals surface area contributed by atoms with Gasteiger partial charge in [-0.25, -0.2) is 4.79 Å². The Bertz CT molecular complexity index is 506. The van der Waals surface area contributed by atoms with E-state index in [4.69, 9.17) is 4.74 Å². The summed E-state index contributed by atoms with van der Waals surface area (Å²) in [7, 11) is 0. The van der Waals surface area contributed by atoms with Crippen molar-refractivity contribution < 1.29 is 58.5 Å². The molecule has 2 atom stereocenters. The Kier molecular flexibility index (Phi) is 23.3. The van der Waals surface area contributed by atoms with E-state index in [2.05, 4.69) is 23.8 Å². The van der Waals surface area contributed by atoms with Crippen LogP contribution < -0.4 is 34.7 Å². The van der Waals surface area contributed by atoms with Gasteiger partial charge in [-0.2, -0.15) is 0 Å². The molecule has 0 aromatic carbocycles. The van der Waals surface area contributed by atoms with E-state index in [-0.39, 0.29) is 36.0 Å². The van der Waals surface area contributed by atoms with Gasteiger partial charge in [-0.15, -0.1) is 0 Å². The molecule has 2 unspecified atom stereocenters. The number of allylic oxidation sites excluding steroid dienone is 2. The van der Waals surface area contributed by atoms with Crippen molar-refractivity contribution in [3.05, 3.63) is 12.2 Å². The molecule has 0 fully saturated rings. The van der Waals surface area contributed by atoms with Crippen LogP contribution in [0.25, 0.3) is 0 Å². The maximum absolute atomic E-state index is 11.7. The number of rotatable bonds is 19. The zero-order valence-corrected chi connectivity index (χ0v) is 22.2. The fourth-order valence-electron chi connectivity index (χ4n) is 2.96. The van der Waals surface area contributed by atoms with E-state index >= 15 is 0 Å². The van der Waals surface area contributed by atoms with Crippen molar-refractivity contribution in [3.8, 4) is 0 Å². The van der Waals surface area contributed by atoms with Gasteiger partial charge in [0.05, 0.1) is 5.97 Å². The first-order chi connectivity index (χ1) is 14.4. The molecular weight excluding hydrogens is 407 g/mol. The zero-order chi connectivity index (χ0) is 22.6. The number of hydrogen-bond acceptors (Lipinski definition) is 6. The second kappa shape index (κ2) is 22.3. The van der Waals surface area contributed by atoms with Crippen LogP contribution in [0, 0.1) is 0 Å². The molecule has 0 aliphatic heterocycles. The minimum absolute atomic E-state index is 0. The van der Waals surface area contributed by atoms with Crippen molar-refractivity contribution in [1.29, 1.82) is 0 Å². The topological polar surface area (TPSA) is 92.7 Å². The molecule has 0 aromatic heterocycles. The van der Waals surface area contributed by atoms with Crippen LogP contribution in [0.2, 0.25) is 0 Å². The van der Waals surface area contributed by atoms with Crippen molar-refractivity contribution in [2.24, 2.45) is 0 Å². The van der Waals surface area contributed by atoms with Crippen LogP contribution in [-0.4, -0.2) is 30.1 Å². The fraction of sp³-hybridized carbons (Fsp3) is 0.792. The third-order valence-electron chi connectivity index (χ3n) is 4.91. The van der Waals surface area contributed by atoms with Crippen LogP contribution in [0.15, 0.2) is 12.2 Å². The Hall–Kier alpha value is -0.850. The number of carbonyl (C=O) groups excluding carboxylic acids is 3. The van der Waals surface area contributed by atoms with E-state index in [1.165, 1.54) is 58.8 Å². The van der Waals surface area contributed by atoms with E-state index in [1.54, 1.807) is 0 Å². The van der Waals surface area contributed by atoms with Crippen molar-refractivity contribution in [2.45, 2.75) is 123 Å². The van der Waals surface area contributed by atoms with Crippen LogP contribution >= 0.6 is 0 Å². The number of carboxylic acids is 1. The molecule has 0 N–H and O–H groups in total. The average Bonchev–Trinajstić information content (AvgIpc) is 2.70. The van der Waals surface area contributed by atoms with Crippen molar-refractivity contribution in [2.75, 3.05) is 0 Å². The SMILES string of the molecule is CCCCCCCCC=CCCCCCCCC(=O)OC(C)C(=O)OC(C)C(=O)[O-].[Na+]. The Morgan fingerprint density at radius 2 is 1.23 bits per heavy atom. The second-order valence-corrected chi connectivity index (χ2v) is 7.86. The van der Waals surface area contributed by atoms with E-state index in [0.29, 0.717) is 6.42 Å². The fourth-order valence-corrected chi connectivity index (χ4v) is 2.96. The van der Waals surface area contributed by atoms with E-state index in [1.807, 2.05) is 0 Å². The molecule has 0 rings (SSSR count). The summed E-state index contributed by atoms with van der Waals surface area (Å²) in [5.41, 5.74) is 0. The first kappa shape index (κ1) is 32.3. The van der Waals surface area contributed by atoms with Crippen LogP contribution in [0.1, 0.15) is 111 Å². The first-order valence-electron chi connectivity index (χ1n) is 11.6. The number of carboxylic acid groups (broad SMARTS) is 1. The molecule has 0 spiro atoms. The van der Waals surface area contributed by atoms with Crippen molar-refractivity contribution in [1.82, 2.24) is 0 Å². The monoisotopic (exact) mass is 448 g/mol. The van der Waals surface area contributed by atoms with Gasteiger partial charge >= 0.3 is 41.5 Å². The molecule has 0 aliphatic rings. The summed E-state index contributed by atoms with van der Waals surface area (Å²) in [6.07, 6.45) is 17.7.